The maximum atomic E-state index is 12.8. The number of hydrogen-bond donors (Lipinski definition) is 0. The average Bonchev–Trinajstić information content (AvgIpc) is 2.70. The van der Waals surface area contributed by atoms with Crippen molar-refractivity contribution in [1.29, 1.82) is 0 Å². The highest BCUT2D eigenvalue weighted by molar-refractivity contribution is 6.30. The van der Waals surface area contributed by atoms with E-state index >= 15 is 0 Å². The van der Waals surface area contributed by atoms with Crippen molar-refractivity contribution in [1.82, 2.24) is 9.78 Å². The number of carbonyl (C=O) groups is 2. The van der Waals surface area contributed by atoms with E-state index in [1.54, 1.807) is 48.5 Å². The molecule has 0 saturated carbocycles. The van der Waals surface area contributed by atoms with E-state index < -0.39 is 12.1 Å². The molecule has 0 radical (unpaired) electrons. The Morgan fingerprint density at radius 1 is 1.11 bits per heavy atom. The zero-order valence-corrected chi connectivity index (χ0v) is 16.3. The molecule has 3 rings (SSSR count). The smallest absolute Gasteiger partial charge is 0.360 e. The molecule has 1 unspecified atom stereocenters. The van der Waals surface area contributed by atoms with Crippen LogP contribution in [0.25, 0.3) is 10.8 Å². The number of hydrogen-bond acceptors (Lipinski definition) is 5. The summed E-state index contributed by atoms with van der Waals surface area (Å²) < 4.78 is 6.62. The van der Waals surface area contributed by atoms with E-state index in [9.17, 15) is 14.4 Å². The summed E-state index contributed by atoms with van der Waals surface area (Å²) in [5.41, 5.74) is 0.136. The molecule has 0 aliphatic rings. The fourth-order valence-corrected chi connectivity index (χ4v) is 2.99. The highest BCUT2D eigenvalue weighted by Crippen LogP contribution is 2.17. The molecule has 6 nitrogen and oxygen atoms in total. The molecule has 28 heavy (non-hydrogen) atoms. The predicted octanol–water partition coefficient (Wildman–Crippen LogP) is 3.89. The van der Waals surface area contributed by atoms with E-state index in [2.05, 4.69) is 5.10 Å². The number of aryl methyl sites for hydroxylation is 1. The largest absolute Gasteiger partial charge is 0.449 e. The van der Waals surface area contributed by atoms with Crippen molar-refractivity contribution in [2.45, 2.75) is 32.9 Å². The molecular formula is C21H19ClN2O4. The third-order valence-corrected chi connectivity index (χ3v) is 4.53. The number of ether oxygens (including phenoxy) is 1. The summed E-state index contributed by atoms with van der Waals surface area (Å²) in [7, 11) is 0. The lowest BCUT2D eigenvalue weighted by Gasteiger charge is -2.14. The number of carbonyl (C=O) groups excluding carboxylic acids is 2. The van der Waals surface area contributed by atoms with Gasteiger partial charge in [0.25, 0.3) is 5.56 Å². The third kappa shape index (κ3) is 3.97. The predicted molar refractivity (Wildman–Crippen MR) is 107 cm³/mol. The van der Waals surface area contributed by atoms with E-state index in [0.717, 1.165) is 0 Å². The SMILES string of the molecule is CCCn1nc(C(=O)OC(C)C(=O)c2ccc(Cl)cc2)c2ccccc2c1=O. The van der Waals surface area contributed by atoms with Gasteiger partial charge in [0.15, 0.2) is 11.8 Å². The summed E-state index contributed by atoms with van der Waals surface area (Å²) >= 11 is 5.84. The van der Waals surface area contributed by atoms with Crippen molar-refractivity contribution in [3.8, 4) is 0 Å². The first kappa shape index (κ1) is 19.8. The van der Waals surface area contributed by atoms with Crippen LogP contribution in [0, 0.1) is 0 Å². The fraction of sp³-hybridized carbons (Fsp3) is 0.238. The van der Waals surface area contributed by atoms with Gasteiger partial charge in [0.05, 0.1) is 5.39 Å². The summed E-state index contributed by atoms with van der Waals surface area (Å²) in [5.74, 6) is -1.10. The molecule has 0 spiro atoms. The van der Waals surface area contributed by atoms with E-state index in [-0.39, 0.29) is 17.0 Å². The maximum absolute atomic E-state index is 12.8. The number of halogens is 1. The highest BCUT2D eigenvalue weighted by Gasteiger charge is 2.24. The van der Waals surface area contributed by atoms with Crippen molar-refractivity contribution in [2.75, 3.05) is 0 Å². The van der Waals surface area contributed by atoms with Gasteiger partial charge in [-0.1, -0.05) is 36.7 Å². The van der Waals surface area contributed by atoms with Crippen LogP contribution in [0.4, 0.5) is 0 Å². The molecule has 2 aromatic carbocycles. The summed E-state index contributed by atoms with van der Waals surface area (Å²) in [6.07, 6.45) is -0.327. The average molecular weight is 399 g/mol. The third-order valence-electron chi connectivity index (χ3n) is 4.28. The van der Waals surface area contributed by atoms with Crippen molar-refractivity contribution < 1.29 is 14.3 Å². The van der Waals surface area contributed by atoms with Crippen LogP contribution in [-0.4, -0.2) is 27.6 Å². The van der Waals surface area contributed by atoms with Crippen molar-refractivity contribution in [3.05, 3.63) is 75.2 Å². The lowest BCUT2D eigenvalue weighted by molar-refractivity contribution is 0.0313. The molecule has 0 amide bonds. The molecule has 0 bridgehead atoms. The Labute approximate surface area is 166 Å². The Kier molecular flexibility index (Phi) is 5.90. The van der Waals surface area contributed by atoms with Crippen LogP contribution in [0.2, 0.25) is 5.02 Å². The summed E-state index contributed by atoms with van der Waals surface area (Å²) in [6, 6.07) is 13.1. The lowest BCUT2D eigenvalue weighted by Crippen LogP contribution is -2.29. The molecule has 1 aromatic heterocycles. The van der Waals surface area contributed by atoms with Crippen molar-refractivity contribution >= 4 is 34.1 Å². The van der Waals surface area contributed by atoms with E-state index in [4.69, 9.17) is 16.3 Å². The minimum Gasteiger partial charge on any atom is -0.449 e. The van der Waals surface area contributed by atoms with Gasteiger partial charge in [-0.05, 0) is 43.7 Å². The second kappa shape index (κ2) is 8.35. The molecule has 1 atom stereocenters. The normalized spacial score (nSPS) is 12.0. The second-order valence-electron chi connectivity index (χ2n) is 6.34. The van der Waals surface area contributed by atoms with Gasteiger partial charge in [-0.15, -0.1) is 0 Å². The number of benzene rings is 2. The van der Waals surface area contributed by atoms with Gasteiger partial charge in [-0.3, -0.25) is 9.59 Å². The lowest BCUT2D eigenvalue weighted by atomic mass is 10.1. The molecule has 0 saturated heterocycles. The topological polar surface area (TPSA) is 78.3 Å². The Morgan fingerprint density at radius 3 is 2.39 bits per heavy atom. The van der Waals surface area contributed by atoms with Crippen molar-refractivity contribution in [2.24, 2.45) is 0 Å². The van der Waals surface area contributed by atoms with Crippen molar-refractivity contribution in [3.63, 3.8) is 0 Å². The monoisotopic (exact) mass is 398 g/mol. The van der Waals surface area contributed by atoms with Crippen LogP contribution >= 0.6 is 11.6 Å². The minimum atomic E-state index is -1.01. The number of nitrogens with zero attached hydrogens (tertiary/aromatic N) is 2. The Morgan fingerprint density at radius 2 is 1.75 bits per heavy atom. The summed E-state index contributed by atoms with van der Waals surface area (Å²) in [4.78, 5) is 37.8. The molecule has 0 fully saturated rings. The highest BCUT2D eigenvalue weighted by atomic mass is 35.5. The molecule has 0 aliphatic carbocycles. The molecule has 144 valence electrons. The minimum absolute atomic E-state index is 0.0133. The van der Waals surface area contributed by atoms with Crippen LogP contribution in [0.1, 0.15) is 41.1 Å². The van der Waals surface area contributed by atoms with Crippen LogP contribution in [0.3, 0.4) is 0 Å². The second-order valence-corrected chi connectivity index (χ2v) is 6.78. The molecule has 7 heteroatoms. The zero-order chi connectivity index (χ0) is 20.3. The maximum Gasteiger partial charge on any atom is 0.360 e. The van der Waals surface area contributed by atoms with Gasteiger partial charge >= 0.3 is 5.97 Å². The Balaban J connectivity index is 1.92. The number of rotatable bonds is 6. The van der Waals surface area contributed by atoms with Gasteiger partial charge in [0.1, 0.15) is 0 Å². The number of ketones is 1. The van der Waals surface area contributed by atoms with Gasteiger partial charge in [0.2, 0.25) is 5.78 Å². The molecular weight excluding hydrogens is 380 g/mol. The molecule has 1 heterocycles. The number of esters is 1. The summed E-state index contributed by atoms with van der Waals surface area (Å²) in [5, 5.41) is 5.48. The number of aromatic nitrogens is 2. The standard InChI is InChI=1S/C21H19ClN2O4/c1-3-12-24-20(26)17-7-5-4-6-16(17)18(23-24)21(27)28-13(2)19(25)14-8-10-15(22)11-9-14/h4-11,13H,3,12H2,1-2H3. The van der Waals surface area contributed by atoms with Crippen LogP contribution < -0.4 is 5.56 Å². The van der Waals surface area contributed by atoms with Gasteiger partial charge < -0.3 is 4.74 Å². The Hall–Kier alpha value is -2.99. The van der Waals surface area contributed by atoms with Gasteiger partial charge in [-0.25, -0.2) is 9.48 Å². The molecule has 3 aromatic rings. The fourth-order valence-electron chi connectivity index (χ4n) is 2.87. The van der Waals surface area contributed by atoms with E-state index in [1.165, 1.54) is 11.6 Å². The van der Waals surface area contributed by atoms with E-state index in [1.807, 2.05) is 6.92 Å². The first-order chi connectivity index (χ1) is 13.4. The van der Waals surface area contributed by atoms with Crippen LogP contribution in [0.15, 0.2) is 53.3 Å². The molecule has 0 N–H and O–H groups in total. The van der Waals surface area contributed by atoms with Gasteiger partial charge in [-0.2, -0.15) is 5.10 Å². The zero-order valence-electron chi connectivity index (χ0n) is 15.5. The molecule has 0 aliphatic heterocycles. The summed E-state index contributed by atoms with van der Waals surface area (Å²) in [6.45, 7) is 3.79. The Bertz CT molecular complexity index is 1090. The van der Waals surface area contributed by atoms with E-state index in [0.29, 0.717) is 34.3 Å². The number of Topliss-reactive ketones (excluding diaryl/α,β-unsaturated/α-hetero) is 1. The quantitative estimate of drug-likeness (QED) is 0.465. The van der Waals surface area contributed by atoms with Gasteiger partial charge in [0, 0.05) is 22.5 Å². The first-order valence-electron chi connectivity index (χ1n) is 8.93. The number of fused-ring (bicyclic) bond motifs is 1. The van der Waals surface area contributed by atoms with Crippen LogP contribution in [-0.2, 0) is 11.3 Å². The first-order valence-corrected chi connectivity index (χ1v) is 9.30. The van der Waals surface area contributed by atoms with Crippen LogP contribution in [0.5, 0.6) is 0 Å².